The van der Waals surface area contributed by atoms with Crippen molar-refractivity contribution < 1.29 is 9.72 Å². The third-order valence-electron chi connectivity index (χ3n) is 1.70. The summed E-state index contributed by atoms with van der Waals surface area (Å²) in [6.07, 6.45) is 1.32. The smallest absolute Gasteiger partial charge is 0.292 e. The van der Waals surface area contributed by atoms with Gasteiger partial charge in [0.15, 0.2) is 11.5 Å². The van der Waals surface area contributed by atoms with E-state index in [0.717, 1.165) is 6.20 Å². The molecule has 0 bridgehead atoms. The number of carbonyl (C=O) groups is 1. The van der Waals surface area contributed by atoms with Crippen molar-refractivity contribution >= 4 is 11.5 Å². The van der Waals surface area contributed by atoms with Crippen LogP contribution < -0.4 is 0 Å². The summed E-state index contributed by atoms with van der Waals surface area (Å²) in [7, 11) is 1.51. The molecule has 0 aliphatic heterocycles. The lowest BCUT2D eigenvalue weighted by Crippen LogP contribution is -2.07. The first-order chi connectivity index (χ1) is 6.07. The molecule has 1 aromatic heterocycles. The number of nitro groups is 1. The highest BCUT2D eigenvalue weighted by Crippen LogP contribution is 2.17. The fourth-order valence-electron chi connectivity index (χ4n) is 1.05. The number of aryl methyl sites for hydroxylation is 1. The quantitative estimate of drug-likeness (QED) is 0.396. The lowest BCUT2D eigenvalue weighted by Gasteiger charge is -1.96. The van der Waals surface area contributed by atoms with Crippen LogP contribution in [0.3, 0.4) is 0 Å². The first-order valence-electron chi connectivity index (χ1n) is 3.77. The Morgan fingerprint density at radius 3 is 2.85 bits per heavy atom. The Morgan fingerprint density at radius 2 is 2.38 bits per heavy atom. The van der Waals surface area contributed by atoms with Gasteiger partial charge in [0.05, 0.1) is 4.92 Å². The third kappa shape index (κ3) is 1.56. The van der Waals surface area contributed by atoms with Gasteiger partial charge in [-0.2, -0.15) is 5.10 Å². The molecule has 0 radical (unpaired) electrons. The van der Waals surface area contributed by atoms with Gasteiger partial charge in [0.2, 0.25) is 0 Å². The molecule has 6 nitrogen and oxygen atoms in total. The molecule has 1 rings (SSSR count). The molecule has 6 heteroatoms. The molecule has 0 aliphatic rings. The fraction of sp³-hybridized carbons (Fsp3) is 0.429. The van der Waals surface area contributed by atoms with Crippen molar-refractivity contribution in [1.82, 2.24) is 9.78 Å². The second-order valence-corrected chi connectivity index (χ2v) is 2.54. The number of nitrogens with zero attached hydrogens (tertiary/aromatic N) is 3. The van der Waals surface area contributed by atoms with Crippen molar-refractivity contribution in [3.63, 3.8) is 0 Å². The Morgan fingerprint density at radius 1 is 1.77 bits per heavy atom. The predicted molar refractivity (Wildman–Crippen MR) is 44.5 cm³/mol. The van der Waals surface area contributed by atoms with E-state index in [1.165, 1.54) is 11.7 Å². The van der Waals surface area contributed by atoms with Gasteiger partial charge in [0, 0.05) is 13.5 Å². The standard InChI is InChI=1S/C7H9N3O3/c1-3-6(11)7-5(10(12)13)4-8-9(7)2/h4H,3H2,1-2H3. The highest BCUT2D eigenvalue weighted by Gasteiger charge is 2.23. The van der Waals surface area contributed by atoms with E-state index < -0.39 is 4.92 Å². The zero-order valence-electron chi connectivity index (χ0n) is 7.35. The van der Waals surface area contributed by atoms with Crippen molar-refractivity contribution in [3.05, 3.63) is 22.0 Å². The zero-order chi connectivity index (χ0) is 10.0. The van der Waals surface area contributed by atoms with E-state index in [9.17, 15) is 14.9 Å². The molecule has 70 valence electrons. The molecule has 1 aromatic rings. The summed E-state index contributed by atoms with van der Waals surface area (Å²) in [6.45, 7) is 1.65. The molecule has 0 spiro atoms. The molecule has 0 amide bonds. The van der Waals surface area contributed by atoms with Crippen LogP contribution in [0.4, 0.5) is 5.69 Å². The van der Waals surface area contributed by atoms with E-state index in [1.54, 1.807) is 6.92 Å². The van der Waals surface area contributed by atoms with E-state index in [2.05, 4.69) is 5.10 Å². The Labute approximate surface area is 74.3 Å². The van der Waals surface area contributed by atoms with Gasteiger partial charge in [0.1, 0.15) is 6.20 Å². The Hall–Kier alpha value is -1.72. The maximum absolute atomic E-state index is 11.3. The van der Waals surface area contributed by atoms with E-state index in [0.29, 0.717) is 0 Å². The largest absolute Gasteiger partial charge is 0.317 e. The van der Waals surface area contributed by atoms with Gasteiger partial charge in [-0.3, -0.25) is 19.6 Å². The molecule has 0 saturated heterocycles. The lowest BCUT2D eigenvalue weighted by atomic mass is 10.2. The fourth-order valence-corrected chi connectivity index (χ4v) is 1.05. The zero-order valence-corrected chi connectivity index (χ0v) is 7.35. The predicted octanol–water partition coefficient (Wildman–Crippen LogP) is 0.921. The van der Waals surface area contributed by atoms with Crippen molar-refractivity contribution in [2.45, 2.75) is 13.3 Å². The van der Waals surface area contributed by atoms with Crippen LogP contribution in [-0.2, 0) is 7.05 Å². The van der Waals surface area contributed by atoms with E-state index in [4.69, 9.17) is 0 Å². The van der Waals surface area contributed by atoms with Gasteiger partial charge in [-0.05, 0) is 0 Å². The van der Waals surface area contributed by atoms with Crippen LogP contribution in [0.15, 0.2) is 6.20 Å². The van der Waals surface area contributed by atoms with Crippen LogP contribution >= 0.6 is 0 Å². The minimum atomic E-state index is -0.601. The maximum atomic E-state index is 11.3. The van der Waals surface area contributed by atoms with Crippen LogP contribution in [0.5, 0.6) is 0 Å². The highest BCUT2D eigenvalue weighted by molar-refractivity contribution is 5.97. The number of Topliss-reactive ketones (excluding diaryl/α,β-unsaturated/α-hetero) is 1. The van der Waals surface area contributed by atoms with E-state index in [1.807, 2.05) is 0 Å². The molecular formula is C7H9N3O3. The summed E-state index contributed by atoms with van der Waals surface area (Å²) in [5, 5.41) is 14.1. The molecule has 0 atom stereocenters. The summed E-state index contributed by atoms with van der Waals surface area (Å²) in [5.74, 6) is -0.272. The van der Waals surface area contributed by atoms with Crippen molar-refractivity contribution in [1.29, 1.82) is 0 Å². The number of carbonyl (C=O) groups excluding carboxylic acids is 1. The van der Waals surface area contributed by atoms with Crippen LogP contribution in [0.1, 0.15) is 23.8 Å². The molecule has 0 N–H and O–H groups in total. The normalized spacial score (nSPS) is 10.0. The first kappa shape index (κ1) is 9.37. The summed E-state index contributed by atoms with van der Waals surface area (Å²) < 4.78 is 1.23. The minimum absolute atomic E-state index is 0.0625. The van der Waals surface area contributed by atoms with Crippen LogP contribution in [-0.4, -0.2) is 20.5 Å². The molecular weight excluding hydrogens is 174 g/mol. The minimum Gasteiger partial charge on any atom is -0.292 e. The number of hydrogen-bond donors (Lipinski definition) is 0. The summed E-state index contributed by atoms with van der Waals surface area (Å²) in [6, 6.07) is 0. The van der Waals surface area contributed by atoms with Gasteiger partial charge in [-0.25, -0.2) is 0 Å². The second kappa shape index (κ2) is 3.34. The van der Waals surface area contributed by atoms with Gasteiger partial charge in [0.25, 0.3) is 0 Å². The van der Waals surface area contributed by atoms with Gasteiger partial charge in [-0.15, -0.1) is 0 Å². The Kier molecular flexibility index (Phi) is 2.41. The average molecular weight is 183 g/mol. The number of rotatable bonds is 3. The monoisotopic (exact) mass is 183 g/mol. The molecule has 0 fully saturated rings. The summed E-state index contributed by atoms with van der Waals surface area (Å²) in [5.41, 5.74) is -0.165. The van der Waals surface area contributed by atoms with E-state index in [-0.39, 0.29) is 23.6 Å². The first-order valence-corrected chi connectivity index (χ1v) is 3.77. The van der Waals surface area contributed by atoms with E-state index >= 15 is 0 Å². The second-order valence-electron chi connectivity index (χ2n) is 2.54. The average Bonchev–Trinajstić information content (AvgIpc) is 2.46. The van der Waals surface area contributed by atoms with Crippen LogP contribution in [0.2, 0.25) is 0 Å². The Bertz CT molecular complexity index is 356. The van der Waals surface area contributed by atoms with Crippen molar-refractivity contribution in [2.24, 2.45) is 7.05 Å². The molecule has 0 aliphatic carbocycles. The van der Waals surface area contributed by atoms with Crippen molar-refractivity contribution in [3.8, 4) is 0 Å². The highest BCUT2D eigenvalue weighted by atomic mass is 16.6. The van der Waals surface area contributed by atoms with Crippen molar-refractivity contribution in [2.75, 3.05) is 0 Å². The van der Waals surface area contributed by atoms with Gasteiger partial charge in [-0.1, -0.05) is 6.92 Å². The topological polar surface area (TPSA) is 78.0 Å². The molecule has 0 saturated carbocycles. The number of aromatic nitrogens is 2. The Balaban J connectivity index is 3.24. The molecule has 0 aromatic carbocycles. The van der Waals surface area contributed by atoms with Gasteiger partial charge >= 0.3 is 5.69 Å². The summed E-state index contributed by atoms with van der Waals surface area (Å²) >= 11 is 0. The third-order valence-corrected chi connectivity index (χ3v) is 1.70. The summed E-state index contributed by atoms with van der Waals surface area (Å²) in [4.78, 5) is 21.1. The molecule has 0 unspecified atom stereocenters. The van der Waals surface area contributed by atoms with Crippen LogP contribution in [0, 0.1) is 10.1 Å². The van der Waals surface area contributed by atoms with Gasteiger partial charge < -0.3 is 0 Å². The molecule has 13 heavy (non-hydrogen) atoms. The number of hydrogen-bond acceptors (Lipinski definition) is 4. The van der Waals surface area contributed by atoms with Crippen LogP contribution in [0.25, 0.3) is 0 Å². The molecule has 1 heterocycles. The SMILES string of the molecule is CCC(=O)c1c([N+](=O)[O-])cnn1C. The number of ketones is 1. The maximum Gasteiger partial charge on any atom is 0.317 e. The lowest BCUT2D eigenvalue weighted by molar-refractivity contribution is -0.385.